The lowest BCUT2D eigenvalue weighted by atomic mass is 10.0. The summed E-state index contributed by atoms with van der Waals surface area (Å²) in [4.78, 5) is 14.7. The second-order valence-electron chi connectivity index (χ2n) is 5.37. The lowest BCUT2D eigenvalue weighted by Crippen LogP contribution is -2.36. The van der Waals surface area contributed by atoms with Crippen molar-refractivity contribution in [1.29, 1.82) is 0 Å². The van der Waals surface area contributed by atoms with E-state index in [0.717, 1.165) is 17.9 Å². The van der Waals surface area contributed by atoms with Crippen molar-refractivity contribution in [3.63, 3.8) is 0 Å². The van der Waals surface area contributed by atoms with Crippen LogP contribution in [0, 0.1) is 5.92 Å². The van der Waals surface area contributed by atoms with Gasteiger partial charge in [-0.25, -0.2) is 0 Å². The molecule has 4 nitrogen and oxygen atoms in total. The molecule has 1 aromatic carbocycles. The van der Waals surface area contributed by atoms with Crippen LogP contribution in [-0.2, 0) is 16.1 Å². The summed E-state index contributed by atoms with van der Waals surface area (Å²) in [5.41, 5.74) is 0.812. The first kappa shape index (κ1) is 17.6. The van der Waals surface area contributed by atoms with Gasteiger partial charge < -0.3 is 14.1 Å². The van der Waals surface area contributed by atoms with Crippen LogP contribution in [0.4, 0.5) is 5.69 Å². The molecule has 0 radical (unpaired) electrons. The van der Waals surface area contributed by atoms with E-state index in [1.165, 1.54) is 0 Å². The van der Waals surface area contributed by atoms with Gasteiger partial charge in [0.05, 0.1) is 12.8 Å². The summed E-state index contributed by atoms with van der Waals surface area (Å²) in [5, 5.41) is 0.644. The Bertz CT molecular complexity index is 595. The zero-order valence-corrected chi connectivity index (χ0v) is 14.3. The number of carbonyl (C=O) groups excluding carboxylic acids is 1. The van der Waals surface area contributed by atoms with Gasteiger partial charge in [-0.05, 0) is 49.2 Å². The molecule has 2 aromatic rings. The molecule has 0 saturated carbocycles. The first-order chi connectivity index (χ1) is 11.2. The van der Waals surface area contributed by atoms with E-state index < -0.39 is 0 Å². The van der Waals surface area contributed by atoms with Gasteiger partial charge in [-0.1, -0.05) is 18.5 Å². The molecular formula is C18H22ClNO3. The van der Waals surface area contributed by atoms with Crippen LogP contribution in [0.15, 0.2) is 47.1 Å². The molecule has 1 heterocycles. The van der Waals surface area contributed by atoms with E-state index in [-0.39, 0.29) is 11.8 Å². The highest BCUT2D eigenvalue weighted by Gasteiger charge is 2.25. The van der Waals surface area contributed by atoms with E-state index in [9.17, 15) is 4.79 Å². The van der Waals surface area contributed by atoms with Crippen molar-refractivity contribution in [3.05, 3.63) is 53.4 Å². The van der Waals surface area contributed by atoms with E-state index in [2.05, 4.69) is 0 Å². The van der Waals surface area contributed by atoms with Gasteiger partial charge in [0.1, 0.15) is 5.76 Å². The topological polar surface area (TPSA) is 42.7 Å². The summed E-state index contributed by atoms with van der Waals surface area (Å²) in [6.45, 7) is 2.99. The Morgan fingerprint density at radius 1 is 1.30 bits per heavy atom. The summed E-state index contributed by atoms with van der Waals surface area (Å²) in [5.74, 6) is 0.735. The molecule has 0 fully saturated rings. The van der Waals surface area contributed by atoms with Crippen molar-refractivity contribution in [2.75, 3.05) is 18.6 Å². The van der Waals surface area contributed by atoms with Gasteiger partial charge in [-0.3, -0.25) is 4.79 Å². The number of furan rings is 1. The van der Waals surface area contributed by atoms with Gasteiger partial charge in [-0.2, -0.15) is 0 Å². The van der Waals surface area contributed by atoms with Crippen molar-refractivity contribution in [1.82, 2.24) is 0 Å². The molecule has 0 aliphatic carbocycles. The van der Waals surface area contributed by atoms with Crippen LogP contribution < -0.4 is 4.90 Å². The Labute approximate surface area is 142 Å². The van der Waals surface area contributed by atoms with Crippen molar-refractivity contribution in [2.45, 2.75) is 26.3 Å². The number of benzene rings is 1. The number of anilines is 1. The van der Waals surface area contributed by atoms with Crippen LogP contribution in [0.2, 0.25) is 5.02 Å². The predicted octanol–water partition coefficient (Wildman–Crippen LogP) is 4.53. The number of carbonyl (C=O) groups is 1. The Morgan fingerprint density at radius 2 is 2.04 bits per heavy atom. The molecule has 1 unspecified atom stereocenters. The summed E-state index contributed by atoms with van der Waals surface area (Å²) in [7, 11) is 1.65. The Morgan fingerprint density at radius 3 is 2.61 bits per heavy atom. The fourth-order valence-corrected chi connectivity index (χ4v) is 2.58. The van der Waals surface area contributed by atoms with Gasteiger partial charge in [0, 0.05) is 30.3 Å². The van der Waals surface area contributed by atoms with Crippen molar-refractivity contribution in [2.24, 2.45) is 5.92 Å². The van der Waals surface area contributed by atoms with Crippen LogP contribution in [0.5, 0.6) is 0 Å². The Hall–Kier alpha value is -1.78. The second kappa shape index (κ2) is 8.75. The molecule has 23 heavy (non-hydrogen) atoms. The van der Waals surface area contributed by atoms with Crippen LogP contribution in [0.1, 0.15) is 25.5 Å². The van der Waals surface area contributed by atoms with Gasteiger partial charge in [-0.15, -0.1) is 0 Å². The molecule has 0 aliphatic rings. The van der Waals surface area contributed by atoms with Gasteiger partial charge in [0.2, 0.25) is 5.91 Å². The lowest BCUT2D eigenvalue weighted by Gasteiger charge is -2.26. The van der Waals surface area contributed by atoms with E-state index in [1.54, 1.807) is 30.4 Å². The zero-order chi connectivity index (χ0) is 16.7. The second-order valence-corrected chi connectivity index (χ2v) is 5.80. The van der Waals surface area contributed by atoms with Crippen LogP contribution >= 0.6 is 11.6 Å². The molecule has 1 amide bonds. The van der Waals surface area contributed by atoms with Gasteiger partial charge in [0.25, 0.3) is 0 Å². The Kier molecular flexibility index (Phi) is 6.68. The maximum atomic E-state index is 13.0. The largest absolute Gasteiger partial charge is 0.467 e. The highest BCUT2D eigenvalue weighted by molar-refractivity contribution is 6.30. The molecule has 0 spiro atoms. The van der Waals surface area contributed by atoms with Crippen molar-refractivity contribution < 1.29 is 13.9 Å². The number of nitrogens with zero attached hydrogens (tertiary/aromatic N) is 1. The normalized spacial score (nSPS) is 12.1. The summed E-state index contributed by atoms with van der Waals surface area (Å²) < 4.78 is 10.5. The third kappa shape index (κ3) is 4.85. The highest BCUT2D eigenvalue weighted by atomic mass is 35.5. The first-order valence-electron chi connectivity index (χ1n) is 7.74. The number of hydrogen-bond donors (Lipinski definition) is 0. The average molecular weight is 336 g/mol. The fourth-order valence-electron chi connectivity index (χ4n) is 2.46. The van der Waals surface area contributed by atoms with E-state index in [0.29, 0.717) is 24.6 Å². The average Bonchev–Trinajstić information content (AvgIpc) is 3.07. The van der Waals surface area contributed by atoms with Gasteiger partial charge in [0.15, 0.2) is 0 Å². The molecule has 0 N–H and O–H groups in total. The standard InChI is InChI=1S/C18H22ClNO3/c1-3-14(10-12-22-2)18(21)20(13-17-5-4-11-23-17)16-8-6-15(19)7-9-16/h4-9,11,14H,3,10,12-13H2,1-2H3. The molecule has 1 atom stereocenters. The molecule has 1 aromatic heterocycles. The molecule has 0 aliphatic heterocycles. The minimum Gasteiger partial charge on any atom is -0.467 e. The maximum absolute atomic E-state index is 13.0. The number of ether oxygens (including phenoxy) is 1. The number of halogens is 1. The molecule has 0 bridgehead atoms. The predicted molar refractivity (Wildman–Crippen MR) is 91.6 cm³/mol. The summed E-state index contributed by atoms with van der Waals surface area (Å²) in [6.07, 6.45) is 3.08. The molecule has 0 saturated heterocycles. The van der Waals surface area contributed by atoms with Crippen LogP contribution in [0.3, 0.4) is 0 Å². The van der Waals surface area contributed by atoms with E-state index >= 15 is 0 Å². The quantitative estimate of drug-likeness (QED) is 0.711. The highest BCUT2D eigenvalue weighted by Crippen LogP contribution is 2.24. The molecular weight excluding hydrogens is 314 g/mol. The molecule has 124 valence electrons. The third-order valence-electron chi connectivity index (χ3n) is 3.81. The fraction of sp³-hybridized carbons (Fsp3) is 0.389. The summed E-state index contributed by atoms with van der Waals surface area (Å²) in [6, 6.07) is 11.0. The van der Waals surface area contributed by atoms with Gasteiger partial charge >= 0.3 is 0 Å². The van der Waals surface area contributed by atoms with Crippen molar-refractivity contribution in [3.8, 4) is 0 Å². The minimum absolute atomic E-state index is 0.0725. The van der Waals surface area contributed by atoms with Crippen molar-refractivity contribution >= 4 is 23.2 Å². The monoisotopic (exact) mass is 335 g/mol. The van der Waals surface area contributed by atoms with E-state index in [4.69, 9.17) is 20.8 Å². The number of hydrogen-bond acceptors (Lipinski definition) is 3. The Balaban J connectivity index is 2.24. The maximum Gasteiger partial charge on any atom is 0.230 e. The van der Waals surface area contributed by atoms with Crippen LogP contribution in [0.25, 0.3) is 0 Å². The molecule has 5 heteroatoms. The summed E-state index contributed by atoms with van der Waals surface area (Å²) >= 11 is 5.96. The third-order valence-corrected chi connectivity index (χ3v) is 4.06. The van der Waals surface area contributed by atoms with E-state index in [1.807, 2.05) is 31.2 Å². The smallest absolute Gasteiger partial charge is 0.230 e. The first-order valence-corrected chi connectivity index (χ1v) is 8.11. The number of rotatable bonds is 8. The number of amides is 1. The zero-order valence-electron chi connectivity index (χ0n) is 13.5. The lowest BCUT2D eigenvalue weighted by molar-refractivity contribution is -0.123. The SMILES string of the molecule is CCC(CCOC)C(=O)N(Cc1ccco1)c1ccc(Cl)cc1. The molecule has 2 rings (SSSR count). The number of methoxy groups -OCH3 is 1. The minimum atomic E-state index is -0.0828. The van der Waals surface area contributed by atoms with Crippen LogP contribution in [-0.4, -0.2) is 19.6 Å².